The third kappa shape index (κ3) is 5.68. The first-order valence-corrected chi connectivity index (χ1v) is 10.9. The van der Waals surface area contributed by atoms with Gasteiger partial charge in [0.15, 0.2) is 6.10 Å². The lowest BCUT2D eigenvalue weighted by atomic mass is 10.0. The number of nitrogens with one attached hydrogen (secondary N) is 1. The number of benzene rings is 2. The van der Waals surface area contributed by atoms with Crippen molar-refractivity contribution < 1.29 is 24.2 Å². The monoisotopic (exact) mass is 462 g/mol. The summed E-state index contributed by atoms with van der Waals surface area (Å²) in [5.74, 6) is 1.62. The molecule has 0 aliphatic carbocycles. The maximum Gasteiger partial charge on any atom is 0.270 e. The van der Waals surface area contributed by atoms with E-state index in [4.69, 9.17) is 19.4 Å². The number of ether oxygens (including phenoxy) is 2. The van der Waals surface area contributed by atoms with Gasteiger partial charge in [-0.1, -0.05) is 29.4 Å². The minimum Gasteiger partial charge on any atom is -0.497 e. The Kier molecular flexibility index (Phi) is 7.34. The summed E-state index contributed by atoms with van der Waals surface area (Å²) in [5.41, 5.74) is 3.38. The summed E-state index contributed by atoms with van der Waals surface area (Å²) < 4.78 is 10.5. The zero-order valence-corrected chi connectivity index (χ0v) is 19.0. The van der Waals surface area contributed by atoms with E-state index in [0.717, 1.165) is 16.9 Å². The maximum absolute atomic E-state index is 12.7. The van der Waals surface area contributed by atoms with Gasteiger partial charge in [-0.3, -0.25) is 4.79 Å². The third-order valence-corrected chi connectivity index (χ3v) is 5.26. The normalized spacial score (nSPS) is 14.8. The number of aliphatic hydroxyl groups excluding tert-OH is 1. The zero-order valence-electron chi connectivity index (χ0n) is 19.0. The van der Waals surface area contributed by atoms with Crippen LogP contribution in [0.1, 0.15) is 45.7 Å². The molecule has 0 spiro atoms. The van der Waals surface area contributed by atoms with E-state index in [-0.39, 0.29) is 30.9 Å². The number of aliphatic hydroxyl groups is 1. The van der Waals surface area contributed by atoms with Crippen LogP contribution in [-0.2, 0) is 11.4 Å². The Bertz CT molecular complexity index is 1160. The molecule has 0 saturated carbocycles. The first-order valence-electron chi connectivity index (χ1n) is 10.9. The zero-order chi connectivity index (χ0) is 23.9. The van der Waals surface area contributed by atoms with Crippen molar-refractivity contribution in [3.05, 3.63) is 82.9 Å². The number of carbonyl (C=O) groups is 1. The van der Waals surface area contributed by atoms with Gasteiger partial charge in [0, 0.05) is 13.0 Å². The van der Waals surface area contributed by atoms with E-state index in [1.807, 2.05) is 48.5 Å². The number of nitrogens with zero attached hydrogens (tertiary/aromatic N) is 3. The largest absolute Gasteiger partial charge is 0.497 e. The number of aryl methyl sites for hydroxylation is 1. The summed E-state index contributed by atoms with van der Waals surface area (Å²) in [7, 11) is 1.61. The van der Waals surface area contributed by atoms with Crippen LogP contribution >= 0.6 is 0 Å². The van der Waals surface area contributed by atoms with Gasteiger partial charge in [0.25, 0.3) is 5.91 Å². The van der Waals surface area contributed by atoms with Gasteiger partial charge in [-0.2, -0.15) is 0 Å². The number of aromatic nitrogens is 2. The SMILES string of the molecule is COc1ccc(CNC(=O)c2cc(C3=NO[C@H](c4ccc(OCCO)cc4)C3)nc(C)n2)cc1. The molecule has 2 heterocycles. The number of carbonyl (C=O) groups excluding carboxylic acids is 1. The van der Waals surface area contributed by atoms with E-state index in [9.17, 15) is 4.79 Å². The Morgan fingerprint density at radius 2 is 1.85 bits per heavy atom. The Hall–Kier alpha value is -3.98. The van der Waals surface area contributed by atoms with E-state index in [0.29, 0.717) is 35.9 Å². The molecule has 9 heteroatoms. The second kappa shape index (κ2) is 10.8. The number of methoxy groups -OCH3 is 1. The molecule has 0 radical (unpaired) electrons. The molecule has 176 valence electrons. The smallest absolute Gasteiger partial charge is 0.270 e. The lowest BCUT2D eigenvalue weighted by Crippen LogP contribution is -2.25. The predicted molar refractivity (Wildman–Crippen MR) is 125 cm³/mol. The van der Waals surface area contributed by atoms with Crippen molar-refractivity contribution in [1.82, 2.24) is 15.3 Å². The summed E-state index contributed by atoms with van der Waals surface area (Å²) in [6.07, 6.45) is 0.254. The molecule has 1 atom stereocenters. The van der Waals surface area contributed by atoms with Crippen LogP contribution in [0.4, 0.5) is 0 Å². The van der Waals surface area contributed by atoms with Crippen LogP contribution in [0, 0.1) is 6.92 Å². The first kappa shape index (κ1) is 23.2. The fraction of sp³-hybridized carbons (Fsp3) is 0.280. The maximum atomic E-state index is 12.7. The molecule has 4 rings (SSSR count). The van der Waals surface area contributed by atoms with E-state index >= 15 is 0 Å². The minimum atomic E-state index is -0.294. The van der Waals surface area contributed by atoms with Crippen LogP contribution in [0.5, 0.6) is 11.5 Å². The van der Waals surface area contributed by atoms with E-state index in [1.54, 1.807) is 20.1 Å². The van der Waals surface area contributed by atoms with E-state index in [1.165, 1.54) is 0 Å². The van der Waals surface area contributed by atoms with E-state index < -0.39 is 0 Å². The van der Waals surface area contributed by atoms with Gasteiger partial charge in [0.05, 0.1) is 19.4 Å². The average molecular weight is 463 g/mol. The number of amides is 1. The van der Waals surface area contributed by atoms with E-state index in [2.05, 4.69) is 20.4 Å². The number of oxime groups is 1. The van der Waals surface area contributed by atoms with Crippen molar-refractivity contribution in [1.29, 1.82) is 0 Å². The topological polar surface area (TPSA) is 115 Å². The second-order valence-corrected chi connectivity index (χ2v) is 7.69. The van der Waals surface area contributed by atoms with Crippen molar-refractivity contribution >= 4 is 11.6 Å². The molecule has 1 aliphatic heterocycles. The highest BCUT2D eigenvalue weighted by atomic mass is 16.6. The summed E-state index contributed by atoms with van der Waals surface area (Å²) in [5, 5.41) is 16.0. The van der Waals surface area contributed by atoms with Gasteiger partial charge in [-0.15, -0.1) is 0 Å². The van der Waals surface area contributed by atoms with Crippen molar-refractivity contribution in [3.63, 3.8) is 0 Å². The molecule has 1 aromatic heterocycles. The molecule has 1 aliphatic rings. The average Bonchev–Trinajstić information content (AvgIpc) is 3.37. The molecule has 0 saturated heterocycles. The van der Waals surface area contributed by atoms with Crippen LogP contribution in [0.2, 0.25) is 0 Å². The molecule has 2 N–H and O–H groups in total. The highest BCUT2D eigenvalue weighted by molar-refractivity contribution is 6.02. The van der Waals surface area contributed by atoms with Gasteiger partial charge < -0.3 is 24.7 Å². The summed E-state index contributed by atoms with van der Waals surface area (Å²) in [6, 6.07) is 16.6. The van der Waals surface area contributed by atoms with Gasteiger partial charge in [-0.05, 0) is 48.4 Å². The molecule has 3 aromatic rings. The quantitative estimate of drug-likeness (QED) is 0.502. The Labute approximate surface area is 197 Å². The molecule has 0 fully saturated rings. The lowest BCUT2D eigenvalue weighted by molar-refractivity contribution is 0.0856. The molecule has 9 nitrogen and oxygen atoms in total. The van der Waals surface area contributed by atoms with Crippen LogP contribution in [0.25, 0.3) is 0 Å². The standard InChI is InChI=1S/C25H26N4O5/c1-16-27-21(13-23(28-16)25(31)26-15-17-3-7-19(32-2)8-4-17)22-14-24(34-29-22)18-5-9-20(10-6-18)33-12-11-30/h3-10,13,24,30H,11-12,14-15H2,1-2H3,(H,26,31)/t24-/m0/s1. The van der Waals surface area contributed by atoms with Gasteiger partial charge in [0.1, 0.15) is 35.3 Å². The fourth-order valence-corrected chi connectivity index (χ4v) is 3.50. The lowest BCUT2D eigenvalue weighted by Gasteiger charge is -2.10. The summed E-state index contributed by atoms with van der Waals surface area (Å²) in [6.45, 7) is 2.31. The molecule has 0 bridgehead atoms. The Morgan fingerprint density at radius 3 is 2.56 bits per heavy atom. The van der Waals surface area contributed by atoms with Gasteiger partial charge in [-0.25, -0.2) is 9.97 Å². The Balaban J connectivity index is 1.40. The van der Waals surface area contributed by atoms with Crippen molar-refractivity contribution in [2.75, 3.05) is 20.3 Å². The molecular weight excluding hydrogens is 436 g/mol. The second-order valence-electron chi connectivity index (χ2n) is 7.69. The highest BCUT2D eigenvalue weighted by Crippen LogP contribution is 2.30. The molecule has 34 heavy (non-hydrogen) atoms. The van der Waals surface area contributed by atoms with Gasteiger partial charge >= 0.3 is 0 Å². The highest BCUT2D eigenvalue weighted by Gasteiger charge is 2.26. The number of hydrogen-bond acceptors (Lipinski definition) is 8. The summed E-state index contributed by atoms with van der Waals surface area (Å²) in [4.78, 5) is 27.1. The van der Waals surface area contributed by atoms with Crippen molar-refractivity contribution in [2.24, 2.45) is 5.16 Å². The molecule has 1 amide bonds. The minimum absolute atomic E-state index is 0.0372. The molecule has 0 unspecified atom stereocenters. The molecule has 2 aromatic carbocycles. The van der Waals surface area contributed by atoms with Crippen molar-refractivity contribution in [2.45, 2.75) is 26.0 Å². The number of hydrogen-bond donors (Lipinski definition) is 2. The number of rotatable bonds is 9. The fourth-order valence-electron chi connectivity index (χ4n) is 3.50. The van der Waals surface area contributed by atoms with Crippen LogP contribution < -0.4 is 14.8 Å². The van der Waals surface area contributed by atoms with Crippen LogP contribution in [0.15, 0.2) is 59.8 Å². The van der Waals surface area contributed by atoms with Crippen molar-refractivity contribution in [3.8, 4) is 11.5 Å². The summed E-state index contributed by atoms with van der Waals surface area (Å²) >= 11 is 0. The Morgan fingerprint density at radius 1 is 1.12 bits per heavy atom. The van der Waals surface area contributed by atoms with Crippen LogP contribution in [0.3, 0.4) is 0 Å². The third-order valence-electron chi connectivity index (χ3n) is 5.26. The predicted octanol–water partition coefficient (Wildman–Crippen LogP) is 2.96. The first-order chi connectivity index (χ1) is 16.6. The van der Waals surface area contributed by atoms with Crippen LogP contribution in [-0.4, -0.2) is 47.0 Å². The molecular formula is C25H26N4O5. The van der Waals surface area contributed by atoms with Gasteiger partial charge in [0.2, 0.25) is 0 Å².